The van der Waals surface area contributed by atoms with E-state index in [9.17, 15) is 0 Å². The fraction of sp³-hybridized carbons (Fsp3) is 0.588. The molecule has 0 spiro atoms. The van der Waals surface area contributed by atoms with Crippen LogP contribution in [0.3, 0.4) is 0 Å². The van der Waals surface area contributed by atoms with E-state index in [1.54, 1.807) is 0 Å². The average molecular weight is 414 g/mol. The average Bonchev–Trinajstić information content (AvgIpc) is 3.26. The van der Waals surface area contributed by atoms with Gasteiger partial charge in [-0.05, 0) is 44.9 Å². The summed E-state index contributed by atoms with van der Waals surface area (Å²) in [5.41, 5.74) is 2.74. The maximum atomic E-state index is 4.83. The summed E-state index contributed by atoms with van der Waals surface area (Å²) in [6.45, 7) is 6.00. The van der Waals surface area contributed by atoms with Crippen molar-refractivity contribution in [2.75, 3.05) is 38.1 Å². The number of para-hydroxylation sites is 1. The summed E-state index contributed by atoms with van der Waals surface area (Å²) in [6.07, 6.45) is 3.84. The van der Waals surface area contributed by atoms with Crippen molar-refractivity contribution in [3.05, 3.63) is 29.8 Å². The second kappa shape index (κ2) is 8.15. The smallest absolute Gasteiger partial charge is 0.198 e. The largest absolute Gasteiger partial charge is 0.356 e. The molecule has 2 aliphatic rings. The Labute approximate surface area is 151 Å². The molecule has 22 heavy (non-hydrogen) atoms. The Bertz CT molecular complexity index is 513. The van der Waals surface area contributed by atoms with Crippen molar-refractivity contribution in [2.45, 2.75) is 32.2 Å². The summed E-state index contributed by atoms with van der Waals surface area (Å²) in [6, 6.07) is 9.47. The minimum Gasteiger partial charge on any atom is -0.356 e. The molecule has 1 heterocycles. The lowest BCUT2D eigenvalue weighted by atomic mass is 10.2. The first-order valence-corrected chi connectivity index (χ1v) is 8.13. The van der Waals surface area contributed by atoms with Crippen molar-refractivity contribution in [1.82, 2.24) is 10.2 Å². The molecule has 1 aromatic rings. The van der Waals surface area contributed by atoms with Gasteiger partial charge >= 0.3 is 0 Å². The molecule has 0 atom stereocenters. The Kier molecular flexibility index (Phi) is 6.50. The molecular formula is C17H27IN4. The van der Waals surface area contributed by atoms with Crippen LogP contribution in [0.25, 0.3) is 0 Å². The number of guanidine groups is 1. The van der Waals surface area contributed by atoms with E-state index < -0.39 is 0 Å². The third-order valence-electron chi connectivity index (χ3n) is 4.36. The van der Waals surface area contributed by atoms with Crippen LogP contribution in [0, 0.1) is 0 Å². The summed E-state index contributed by atoms with van der Waals surface area (Å²) in [4.78, 5) is 9.60. The highest BCUT2D eigenvalue weighted by Gasteiger charge is 2.26. The van der Waals surface area contributed by atoms with Gasteiger partial charge in [0.1, 0.15) is 0 Å². The number of anilines is 1. The van der Waals surface area contributed by atoms with Gasteiger partial charge in [-0.2, -0.15) is 0 Å². The third kappa shape index (κ3) is 4.13. The molecule has 1 N–H and O–H groups in total. The first kappa shape index (κ1) is 17.5. The number of hydrogen-bond acceptors (Lipinski definition) is 2. The topological polar surface area (TPSA) is 30.9 Å². The van der Waals surface area contributed by atoms with Gasteiger partial charge in [-0.25, -0.2) is 0 Å². The monoisotopic (exact) mass is 414 g/mol. The van der Waals surface area contributed by atoms with Crippen molar-refractivity contribution in [3.8, 4) is 0 Å². The number of halogens is 1. The summed E-state index contributed by atoms with van der Waals surface area (Å²) in [5.74, 6) is 1.03. The zero-order chi connectivity index (χ0) is 14.7. The van der Waals surface area contributed by atoms with Gasteiger partial charge in [-0.3, -0.25) is 4.99 Å². The first-order chi connectivity index (χ1) is 10.3. The Morgan fingerprint density at radius 2 is 2.14 bits per heavy atom. The number of fused-ring (bicyclic) bond motifs is 1. The highest BCUT2D eigenvalue weighted by atomic mass is 127. The van der Waals surface area contributed by atoms with Gasteiger partial charge in [-0.15, -0.1) is 24.0 Å². The van der Waals surface area contributed by atoms with E-state index in [2.05, 4.69) is 53.4 Å². The van der Waals surface area contributed by atoms with Crippen molar-refractivity contribution < 1.29 is 0 Å². The maximum absolute atomic E-state index is 4.83. The zero-order valence-electron chi connectivity index (χ0n) is 13.6. The van der Waals surface area contributed by atoms with Crippen LogP contribution in [-0.2, 0) is 6.42 Å². The van der Waals surface area contributed by atoms with E-state index in [0.29, 0.717) is 0 Å². The molecule has 1 aliphatic carbocycles. The van der Waals surface area contributed by atoms with Gasteiger partial charge < -0.3 is 15.1 Å². The highest BCUT2D eigenvalue weighted by molar-refractivity contribution is 14.0. The molecule has 3 rings (SSSR count). The number of nitrogens with zero attached hydrogens (tertiary/aromatic N) is 3. The molecule has 1 fully saturated rings. The van der Waals surface area contributed by atoms with E-state index in [1.165, 1.54) is 24.1 Å². The molecule has 1 aromatic carbocycles. The number of benzene rings is 1. The minimum atomic E-state index is 0. The third-order valence-corrected chi connectivity index (χ3v) is 4.36. The van der Waals surface area contributed by atoms with Gasteiger partial charge in [0.15, 0.2) is 5.96 Å². The van der Waals surface area contributed by atoms with Crippen molar-refractivity contribution in [3.63, 3.8) is 0 Å². The Morgan fingerprint density at radius 3 is 2.86 bits per heavy atom. The molecule has 1 saturated carbocycles. The normalized spacial score (nSPS) is 17.4. The fourth-order valence-electron chi connectivity index (χ4n) is 2.96. The summed E-state index contributed by atoms with van der Waals surface area (Å²) < 4.78 is 0. The van der Waals surface area contributed by atoms with Crippen LogP contribution < -0.4 is 10.2 Å². The molecule has 0 aromatic heterocycles. The number of nitrogens with one attached hydrogen (secondary N) is 1. The van der Waals surface area contributed by atoms with E-state index in [4.69, 9.17) is 4.99 Å². The van der Waals surface area contributed by atoms with Crippen LogP contribution in [0.15, 0.2) is 29.3 Å². The van der Waals surface area contributed by atoms with E-state index >= 15 is 0 Å². The van der Waals surface area contributed by atoms with Crippen LogP contribution in [-0.4, -0.2) is 50.1 Å². The number of rotatable bonds is 5. The molecule has 0 bridgehead atoms. The second-order valence-electron chi connectivity index (χ2n) is 5.98. The number of likely N-dealkylation sites (N-methyl/N-ethyl adjacent to an activating group) is 1. The molecule has 0 radical (unpaired) electrons. The molecule has 1 aliphatic heterocycles. The van der Waals surface area contributed by atoms with Crippen molar-refractivity contribution in [1.29, 1.82) is 0 Å². The maximum Gasteiger partial charge on any atom is 0.198 e. The predicted molar refractivity (Wildman–Crippen MR) is 105 cm³/mol. The molecule has 4 nitrogen and oxygen atoms in total. The van der Waals surface area contributed by atoms with Gasteiger partial charge in [0.05, 0.1) is 6.54 Å². The van der Waals surface area contributed by atoms with E-state index in [0.717, 1.165) is 44.6 Å². The summed E-state index contributed by atoms with van der Waals surface area (Å²) >= 11 is 0. The lowest BCUT2D eigenvalue weighted by molar-refractivity contribution is 0.334. The Balaban J connectivity index is 0.00000176. The lowest BCUT2D eigenvalue weighted by Crippen LogP contribution is -2.41. The number of hydrogen-bond donors (Lipinski definition) is 1. The molecular weight excluding hydrogens is 387 g/mol. The van der Waals surface area contributed by atoms with Gasteiger partial charge in [0.2, 0.25) is 0 Å². The van der Waals surface area contributed by atoms with Crippen LogP contribution in [0.4, 0.5) is 5.69 Å². The summed E-state index contributed by atoms with van der Waals surface area (Å²) in [7, 11) is 2.21. The standard InChI is InChI=1S/C17H26N4.HI/c1-3-18-17(19-11-13-20(2)15-8-9-15)21-12-10-14-6-4-5-7-16(14)21;/h4-7,15H,3,8-13H2,1-2H3,(H,18,19);1H. The molecule has 0 amide bonds. The van der Waals surface area contributed by atoms with Crippen LogP contribution >= 0.6 is 24.0 Å². The van der Waals surface area contributed by atoms with Crippen LogP contribution in [0.5, 0.6) is 0 Å². The predicted octanol–water partition coefficient (Wildman–Crippen LogP) is 2.73. The van der Waals surface area contributed by atoms with Gasteiger partial charge in [0.25, 0.3) is 0 Å². The molecule has 0 unspecified atom stereocenters. The Morgan fingerprint density at radius 1 is 1.36 bits per heavy atom. The zero-order valence-corrected chi connectivity index (χ0v) is 15.9. The quantitative estimate of drug-likeness (QED) is 0.457. The van der Waals surface area contributed by atoms with Gasteiger partial charge in [-0.1, -0.05) is 18.2 Å². The molecule has 122 valence electrons. The Hall–Kier alpha value is -0.820. The van der Waals surface area contributed by atoms with Crippen LogP contribution in [0.1, 0.15) is 25.3 Å². The SMILES string of the molecule is CCNC(=NCCN(C)C1CC1)N1CCc2ccccc21.I. The van der Waals surface area contributed by atoms with Crippen molar-refractivity contribution in [2.24, 2.45) is 4.99 Å². The molecule has 5 heteroatoms. The molecule has 0 saturated heterocycles. The van der Waals surface area contributed by atoms with E-state index in [1.807, 2.05) is 0 Å². The summed E-state index contributed by atoms with van der Waals surface area (Å²) in [5, 5.41) is 3.44. The lowest BCUT2D eigenvalue weighted by Gasteiger charge is -2.23. The van der Waals surface area contributed by atoms with E-state index in [-0.39, 0.29) is 24.0 Å². The first-order valence-electron chi connectivity index (χ1n) is 8.13. The minimum absolute atomic E-state index is 0. The number of aliphatic imine (C=N–C) groups is 1. The van der Waals surface area contributed by atoms with Crippen molar-refractivity contribution >= 4 is 35.6 Å². The van der Waals surface area contributed by atoms with Gasteiger partial charge in [0, 0.05) is 31.4 Å². The second-order valence-corrected chi connectivity index (χ2v) is 5.98. The highest BCUT2D eigenvalue weighted by Crippen LogP contribution is 2.27. The van der Waals surface area contributed by atoms with Crippen LogP contribution in [0.2, 0.25) is 0 Å². The fourth-order valence-corrected chi connectivity index (χ4v) is 2.96.